The molecule has 0 aliphatic carbocycles. The van der Waals surface area contributed by atoms with Crippen LogP contribution in [0.2, 0.25) is 0 Å². The number of rotatable bonds is 1. The molecule has 6 aromatic rings. The Morgan fingerprint density at radius 3 is 2.06 bits per heavy atom. The molecule has 0 radical (unpaired) electrons. The van der Waals surface area contributed by atoms with Crippen LogP contribution < -0.4 is 35.4 Å². The molecule has 0 N–H and O–H groups in total. The summed E-state index contributed by atoms with van der Waals surface area (Å²) in [5.74, 6) is 0. The Morgan fingerprint density at radius 2 is 1.26 bits per heavy atom. The number of halogens is 2. The summed E-state index contributed by atoms with van der Waals surface area (Å²) in [4.78, 5) is 0. The average Bonchev–Trinajstić information content (AvgIpc) is 3.49. The molecule has 1 heterocycles. The van der Waals surface area contributed by atoms with Crippen molar-refractivity contribution in [3.8, 4) is 22.3 Å². The first-order chi connectivity index (χ1) is 15.8. The Hall–Kier alpha value is -2.02. The molecule has 1 aliphatic heterocycles. The Balaban J connectivity index is 0.000000181. The normalized spacial score (nSPS) is 12.9. The molecule has 0 fully saturated rings. The number of hydrogen-bond donors (Lipinski definition) is 0. The Kier molecular flexibility index (Phi) is 9.30. The van der Waals surface area contributed by atoms with Crippen LogP contribution in [0.4, 0.5) is 0 Å². The second kappa shape index (κ2) is 11.8. The van der Waals surface area contributed by atoms with Gasteiger partial charge in [-0.25, -0.2) is 0 Å². The van der Waals surface area contributed by atoms with Gasteiger partial charge in [-0.3, -0.25) is 0 Å². The molecule has 35 heavy (non-hydrogen) atoms. The summed E-state index contributed by atoms with van der Waals surface area (Å²) in [5, 5.41) is 8.48. The van der Waals surface area contributed by atoms with E-state index < -0.39 is 0 Å². The number of fused-ring (bicyclic) bond motifs is 4. The quantitative estimate of drug-likeness (QED) is 0.142. The summed E-state index contributed by atoms with van der Waals surface area (Å²) in [6.07, 6.45) is 0. The van der Waals surface area contributed by atoms with E-state index in [2.05, 4.69) is 128 Å². The number of benzene rings is 4. The molecule has 2 bridgehead atoms. The van der Waals surface area contributed by atoms with Crippen LogP contribution in [0.5, 0.6) is 0 Å². The third-order valence-corrected chi connectivity index (χ3v) is 8.59. The minimum atomic E-state index is -0.192. The van der Waals surface area contributed by atoms with Crippen molar-refractivity contribution in [2.75, 3.05) is 6.66 Å². The molecule has 4 heteroatoms. The molecule has 7 rings (SSSR count). The van der Waals surface area contributed by atoms with Gasteiger partial charge in [-0.1, -0.05) is 85.8 Å². The van der Waals surface area contributed by atoms with Gasteiger partial charge in [-0.15, -0.1) is 63.2 Å². The van der Waals surface area contributed by atoms with Crippen LogP contribution in [0.3, 0.4) is 0 Å². The van der Waals surface area contributed by atoms with Crippen molar-refractivity contribution in [3.63, 3.8) is 0 Å². The van der Waals surface area contributed by atoms with Gasteiger partial charge in [-0.05, 0) is 23.1 Å². The van der Waals surface area contributed by atoms with Crippen molar-refractivity contribution < 1.29 is 50.7 Å². The van der Waals surface area contributed by atoms with Crippen molar-refractivity contribution in [2.24, 2.45) is 0 Å². The van der Waals surface area contributed by atoms with Crippen molar-refractivity contribution in [1.29, 1.82) is 0 Å². The van der Waals surface area contributed by atoms with Gasteiger partial charge < -0.3 is 24.8 Å². The van der Waals surface area contributed by atoms with Crippen molar-refractivity contribution in [1.82, 2.24) is 0 Å². The summed E-state index contributed by atoms with van der Waals surface area (Å²) in [6, 6.07) is 43.7. The maximum Gasteiger partial charge on any atom is 4.00 e. The predicted octanol–water partition coefficient (Wildman–Crippen LogP) is 1.83. The maximum absolute atomic E-state index is 2.39. The van der Waals surface area contributed by atoms with Crippen LogP contribution in [0, 0.1) is 0 Å². The molecule has 170 valence electrons. The Morgan fingerprint density at radius 1 is 0.600 bits per heavy atom. The minimum absolute atomic E-state index is 0. The van der Waals surface area contributed by atoms with Gasteiger partial charge in [0.25, 0.3) is 0 Å². The van der Waals surface area contributed by atoms with Crippen LogP contribution in [0.25, 0.3) is 43.8 Å². The van der Waals surface area contributed by atoms with Crippen LogP contribution in [0.1, 0.15) is 0 Å². The summed E-state index contributed by atoms with van der Waals surface area (Å²) < 4.78 is 0. The van der Waals surface area contributed by atoms with E-state index in [9.17, 15) is 0 Å². The zero-order chi connectivity index (χ0) is 21.5. The fourth-order valence-corrected chi connectivity index (χ4v) is 6.61. The first kappa shape index (κ1) is 27.6. The van der Waals surface area contributed by atoms with Crippen LogP contribution in [-0.4, -0.2) is 6.66 Å². The molecular weight excluding hydrogens is 653 g/mol. The van der Waals surface area contributed by atoms with Crippen LogP contribution in [-0.2, 0) is 25.8 Å². The van der Waals surface area contributed by atoms with Gasteiger partial charge in [0, 0.05) is 0 Å². The predicted molar refractivity (Wildman–Crippen MR) is 142 cm³/mol. The van der Waals surface area contributed by atoms with Gasteiger partial charge in [0.15, 0.2) is 0 Å². The monoisotopic (exact) mass is 676 g/mol. The van der Waals surface area contributed by atoms with E-state index in [0.717, 1.165) is 0 Å². The topological polar surface area (TPSA) is 0 Å². The first-order valence-electron chi connectivity index (χ1n) is 11.0. The Labute approximate surface area is 239 Å². The molecule has 0 amide bonds. The zero-order valence-electron chi connectivity index (χ0n) is 19.3. The minimum Gasteiger partial charge on any atom is -1.00 e. The SMILES string of the molecule is CP1c2cc3c(cccc3[cH-]2)-c2ccccc21.[Cl-].[Cl-].[Hf+4].c1ccc(-c2cccc3[cH-]ccc23)cc1. The van der Waals surface area contributed by atoms with Crippen molar-refractivity contribution >= 4 is 40.1 Å². The van der Waals surface area contributed by atoms with Crippen LogP contribution in [0.15, 0.2) is 121 Å². The van der Waals surface area contributed by atoms with Gasteiger partial charge in [0.1, 0.15) is 0 Å². The molecule has 0 nitrogen and oxygen atoms in total. The van der Waals surface area contributed by atoms with Gasteiger partial charge >= 0.3 is 25.8 Å². The third-order valence-electron chi connectivity index (χ3n) is 6.44. The summed E-state index contributed by atoms with van der Waals surface area (Å²) in [5.41, 5.74) is 5.43. The molecule has 0 aromatic heterocycles. The van der Waals surface area contributed by atoms with E-state index in [1.807, 2.05) is 0 Å². The first-order valence-corrected chi connectivity index (χ1v) is 12.8. The summed E-state index contributed by atoms with van der Waals surface area (Å²) in [6.45, 7) is 2.37. The summed E-state index contributed by atoms with van der Waals surface area (Å²) in [7, 11) is -0.192. The average molecular weight is 676 g/mol. The molecule has 1 atom stereocenters. The third kappa shape index (κ3) is 5.11. The molecule has 6 aromatic carbocycles. The maximum atomic E-state index is 2.39. The van der Waals surface area contributed by atoms with E-state index in [1.165, 1.54) is 54.4 Å². The van der Waals surface area contributed by atoms with Crippen molar-refractivity contribution in [3.05, 3.63) is 121 Å². The molecular formula is C31H23Cl2HfP. The molecule has 0 spiro atoms. The zero-order valence-corrected chi connectivity index (χ0v) is 25.2. The van der Waals surface area contributed by atoms with Crippen molar-refractivity contribution in [2.45, 2.75) is 0 Å². The molecule has 1 unspecified atom stereocenters. The largest absolute Gasteiger partial charge is 4.00 e. The summed E-state index contributed by atoms with van der Waals surface area (Å²) >= 11 is 0. The Bertz CT molecular complexity index is 1550. The fourth-order valence-electron chi connectivity index (χ4n) is 4.81. The van der Waals surface area contributed by atoms with Crippen LogP contribution >= 0.6 is 7.92 Å². The molecule has 1 aliphatic rings. The van der Waals surface area contributed by atoms with E-state index >= 15 is 0 Å². The molecule has 0 saturated carbocycles. The smallest absolute Gasteiger partial charge is 1.00 e. The fraction of sp³-hybridized carbons (Fsp3) is 0.0323. The second-order valence-electron chi connectivity index (χ2n) is 8.30. The van der Waals surface area contributed by atoms with Gasteiger partial charge in [0.05, 0.1) is 0 Å². The van der Waals surface area contributed by atoms with E-state index in [0.29, 0.717) is 0 Å². The molecule has 0 saturated heterocycles. The van der Waals surface area contributed by atoms with E-state index in [-0.39, 0.29) is 58.6 Å². The van der Waals surface area contributed by atoms with E-state index in [1.54, 1.807) is 0 Å². The van der Waals surface area contributed by atoms with Gasteiger partial charge in [0.2, 0.25) is 0 Å². The number of hydrogen-bond acceptors (Lipinski definition) is 0. The van der Waals surface area contributed by atoms with E-state index in [4.69, 9.17) is 0 Å². The standard InChI is InChI=1S/C16H12P.C15H11.2ClH.Hf/c1-17-12-9-11-5-4-7-13(15(11)10-12)14-6-2-3-8-16(14)17;1-2-6-12(7-3-1)14-10-4-8-13-9-5-11-15(13)14;;;/h2-10H,1H3;1-11H;2*1H;/q2*-1;;;+4/p-2. The second-order valence-corrected chi connectivity index (χ2v) is 10.4. The van der Waals surface area contributed by atoms with Gasteiger partial charge in [-0.2, -0.15) is 18.2 Å².